The molecule has 0 aliphatic carbocycles. The van der Waals surface area contributed by atoms with Crippen LogP contribution in [0.1, 0.15) is 56.6 Å². The van der Waals surface area contributed by atoms with Crippen LogP contribution >= 0.6 is 0 Å². The molecule has 2 aromatic rings. The van der Waals surface area contributed by atoms with Crippen molar-refractivity contribution in [3.8, 4) is 11.5 Å². The fourth-order valence-electron chi connectivity index (χ4n) is 2.60. The Balaban J connectivity index is 1.81. The zero-order valence-electron chi connectivity index (χ0n) is 13.9. The quantitative estimate of drug-likeness (QED) is 0.515. The summed E-state index contributed by atoms with van der Waals surface area (Å²) in [6, 6.07) is 15.3. The number of aryl methyl sites for hydroxylation is 1. The first-order valence-corrected chi connectivity index (χ1v) is 8.57. The second kappa shape index (κ2) is 9.83. The SMILES string of the molecule is CCCCCCCCc1ccc(Oc2ccccc2[C]=O)cc1. The lowest BCUT2D eigenvalue weighted by Gasteiger charge is -2.08. The van der Waals surface area contributed by atoms with Crippen molar-refractivity contribution >= 4 is 6.29 Å². The maximum absolute atomic E-state index is 10.9. The first kappa shape index (κ1) is 17.3. The minimum absolute atomic E-state index is 0.448. The summed E-state index contributed by atoms with van der Waals surface area (Å²) in [5, 5.41) is 0. The van der Waals surface area contributed by atoms with E-state index in [1.807, 2.05) is 24.5 Å². The second-order valence-electron chi connectivity index (χ2n) is 5.86. The first-order valence-electron chi connectivity index (χ1n) is 8.57. The molecule has 2 nitrogen and oxygen atoms in total. The number of para-hydroxylation sites is 1. The van der Waals surface area contributed by atoms with E-state index in [2.05, 4.69) is 19.1 Å². The van der Waals surface area contributed by atoms with Crippen molar-refractivity contribution in [3.05, 3.63) is 59.7 Å². The van der Waals surface area contributed by atoms with Crippen molar-refractivity contribution < 1.29 is 9.53 Å². The van der Waals surface area contributed by atoms with Crippen molar-refractivity contribution in [3.63, 3.8) is 0 Å². The summed E-state index contributed by atoms with van der Waals surface area (Å²) in [4.78, 5) is 10.9. The Labute approximate surface area is 139 Å². The number of carbonyl (C=O) groups excluding carboxylic acids is 1. The molecule has 2 rings (SSSR count). The predicted octanol–water partition coefficient (Wildman–Crippen LogP) is 5.84. The molecule has 121 valence electrons. The summed E-state index contributed by atoms with van der Waals surface area (Å²) in [7, 11) is 0. The fraction of sp³-hybridized carbons (Fsp3) is 0.381. The van der Waals surface area contributed by atoms with Crippen LogP contribution in [-0.4, -0.2) is 6.29 Å². The van der Waals surface area contributed by atoms with Gasteiger partial charge in [-0.1, -0.05) is 63.3 Å². The number of rotatable bonds is 10. The lowest BCUT2D eigenvalue weighted by molar-refractivity contribution is 0.479. The zero-order chi connectivity index (χ0) is 16.3. The number of hydrogen-bond acceptors (Lipinski definition) is 2. The average molecular weight is 309 g/mol. The maximum Gasteiger partial charge on any atom is 0.237 e. The smallest absolute Gasteiger partial charge is 0.237 e. The molecule has 0 aromatic heterocycles. The highest BCUT2D eigenvalue weighted by Crippen LogP contribution is 2.24. The minimum atomic E-state index is 0.448. The molecule has 2 heteroatoms. The van der Waals surface area contributed by atoms with Gasteiger partial charge >= 0.3 is 0 Å². The topological polar surface area (TPSA) is 26.3 Å². The van der Waals surface area contributed by atoms with Gasteiger partial charge in [-0.3, -0.25) is 4.79 Å². The third-order valence-corrected chi connectivity index (χ3v) is 3.97. The Morgan fingerprint density at radius 3 is 2.30 bits per heavy atom. The van der Waals surface area contributed by atoms with Gasteiger partial charge in [0, 0.05) is 0 Å². The molecule has 0 amide bonds. The van der Waals surface area contributed by atoms with Gasteiger partial charge in [-0.25, -0.2) is 0 Å². The number of benzene rings is 2. The third-order valence-electron chi connectivity index (χ3n) is 3.97. The lowest BCUT2D eigenvalue weighted by Crippen LogP contribution is -1.91. The van der Waals surface area contributed by atoms with E-state index in [4.69, 9.17) is 4.74 Å². The Kier molecular flexibility index (Phi) is 7.38. The van der Waals surface area contributed by atoms with Crippen LogP contribution in [0.4, 0.5) is 0 Å². The molecule has 0 heterocycles. The van der Waals surface area contributed by atoms with E-state index in [0.717, 1.165) is 12.2 Å². The molecule has 0 N–H and O–H groups in total. The van der Waals surface area contributed by atoms with Crippen LogP contribution in [0.25, 0.3) is 0 Å². The molecule has 0 atom stereocenters. The summed E-state index contributed by atoms with van der Waals surface area (Å²) < 4.78 is 5.76. The van der Waals surface area contributed by atoms with Gasteiger partial charge in [0.05, 0.1) is 5.56 Å². The average Bonchev–Trinajstić information content (AvgIpc) is 2.60. The van der Waals surface area contributed by atoms with Crippen molar-refractivity contribution in [1.82, 2.24) is 0 Å². The van der Waals surface area contributed by atoms with E-state index in [1.165, 1.54) is 44.1 Å². The van der Waals surface area contributed by atoms with Crippen LogP contribution < -0.4 is 4.74 Å². The third kappa shape index (κ3) is 5.90. The van der Waals surface area contributed by atoms with Gasteiger partial charge in [-0.15, -0.1) is 0 Å². The van der Waals surface area contributed by atoms with Crippen LogP contribution in [0, 0.1) is 0 Å². The van der Waals surface area contributed by atoms with E-state index >= 15 is 0 Å². The summed E-state index contributed by atoms with van der Waals surface area (Å²) >= 11 is 0. The number of ether oxygens (including phenoxy) is 1. The Bertz CT molecular complexity index is 587. The van der Waals surface area contributed by atoms with Crippen LogP contribution in [0.5, 0.6) is 11.5 Å². The highest BCUT2D eigenvalue weighted by Gasteiger charge is 2.04. The van der Waals surface area contributed by atoms with Crippen molar-refractivity contribution in [2.24, 2.45) is 0 Å². The summed E-state index contributed by atoms with van der Waals surface area (Å²) in [5.74, 6) is 1.30. The van der Waals surface area contributed by atoms with Crippen LogP contribution in [-0.2, 0) is 11.2 Å². The molecule has 0 saturated carbocycles. The normalized spacial score (nSPS) is 10.5. The standard InChI is InChI=1S/C21H25O2/c1-2-3-4-5-6-7-10-18-13-15-20(16-14-18)23-21-12-9-8-11-19(21)17-22/h8-9,11-16H,2-7,10H2,1H3. The summed E-state index contributed by atoms with van der Waals surface area (Å²) in [6.45, 7) is 2.25. The second-order valence-corrected chi connectivity index (χ2v) is 5.86. The van der Waals surface area contributed by atoms with E-state index in [1.54, 1.807) is 18.2 Å². The molecule has 0 fully saturated rings. The van der Waals surface area contributed by atoms with Crippen molar-refractivity contribution in [2.75, 3.05) is 0 Å². The van der Waals surface area contributed by atoms with Gasteiger partial charge in [-0.2, -0.15) is 0 Å². The molecule has 23 heavy (non-hydrogen) atoms. The molecule has 1 radical (unpaired) electrons. The highest BCUT2D eigenvalue weighted by molar-refractivity contribution is 5.79. The molecule has 0 aliphatic rings. The molecule has 0 saturated heterocycles. The van der Waals surface area contributed by atoms with E-state index in [-0.39, 0.29) is 0 Å². The van der Waals surface area contributed by atoms with Gasteiger partial charge in [-0.05, 0) is 42.7 Å². The molecule has 0 bridgehead atoms. The highest BCUT2D eigenvalue weighted by atomic mass is 16.5. The van der Waals surface area contributed by atoms with Crippen LogP contribution in [0.15, 0.2) is 48.5 Å². The number of hydrogen-bond donors (Lipinski definition) is 0. The van der Waals surface area contributed by atoms with Gasteiger partial charge in [0.2, 0.25) is 6.29 Å². The minimum Gasteiger partial charge on any atom is -0.457 e. The van der Waals surface area contributed by atoms with E-state index in [9.17, 15) is 4.79 Å². The van der Waals surface area contributed by atoms with Crippen molar-refractivity contribution in [1.29, 1.82) is 0 Å². The summed E-state index contributed by atoms with van der Waals surface area (Å²) in [5.41, 5.74) is 1.78. The van der Waals surface area contributed by atoms with Gasteiger partial charge in [0.1, 0.15) is 11.5 Å². The van der Waals surface area contributed by atoms with Crippen molar-refractivity contribution in [2.45, 2.75) is 51.9 Å². The van der Waals surface area contributed by atoms with Gasteiger partial charge < -0.3 is 4.74 Å². The van der Waals surface area contributed by atoms with Gasteiger partial charge in [0.25, 0.3) is 0 Å². The molecular weight excluding hydrogens is 284 g/mol. The molecular formula is C21H25O2. The van der Waals surface area contributed by atoms with Crippen LogP contribution in [0.3, 0.4) is 0 Å². The first-order chi connectivity index (χ1) is 11.3. The Morgan fingerprint density at radius 2 is 1.57 bits per heavy atom. The Hall–Kier alpha value is -2.09. The van der Waals surface area contributed by atoms with Gasteiger partial charge in [0.15, 0.2) is 0 Å². The number of unbranched alkanes of at least 4 members (excludes halogenated alkanes) is 5. The summed E-state index contributed by atoms with van der Waals surface area (Å²) in [6.07, 6.45) is 10.9. The zero-order valence-corrected chi connectivity index (χ0v) is 13.9. The molecule has 0 spiro atoms. The molecule has 0 aliphatic heterocycles. The molecule has 2 aromatic carbocycles. The maximum atomic E-state index is 10.9. The predicted molar refractivity (Wildman–Crippen MR) is 94.8 cm³/mol. The monoisotopic (exact) mass is 309 g/mol. The van der Waals surface area contributed by atoms with E-state index in [0.29, 0.717) is 11.3 Å². The molecule has 0 unspecified atom stereocenters. The van der Waals surface area contributed by atoms with E-state index < -0.39 is 0 Å². The largest absolute Gasteiger partial charge is 0.457 e. The Morgan fingerprint density at radius 1 is 0.870 bits per heavy atom. The fourth-order valence-corrected chi connectivity index (χ4v) is 2.60. The van der Waals surface area contributed by atoms with Crippen LogP contribution in [0.2, 0.25) is 0 Å². The lowest BCUT2D eigenvalue weighted by atomic mass is 10.0.